The van der Waals surface area contributed by atoms with E-state index in [0.717, 1.165) is 17.8 Å². The highest BCUT2D eigenvalue weighted by atomic mass is 31.2. The van der Waals surface area contributed by atoms with Gasteiger partial charge in [-0.25, -0.2) is 0 Å². The molecule has 0 aromatic rings. The molecule has 0 aromatic heterocycles. The summed E-state index contributed by atoms with van der Waals surface area (Å²) in [6, 6.07) is 0. The van der Waals surface area contributed by atoms with E-state index in [9.17, 15) is 0 Å². The maximum atomic E-state index is 2.46. The molecule has 0 nitrogen and oxygen atoms in total. The Balaban J connectivity index is 3.63. The van der Waals surface area contributed by atoms with Crippen molar-refractivity contribution in [3.8, 4) is 0 Å². The number of rotatable bonds is 27. The quantitative estimate of drug-likeness (QED) is 0.0759. The van der Waals surface area contributed by atoms with Gasteiger partial charge in [0.05, 0.1) is 24.6 Å². The van der Waals surface area contributed by atoms with Crippen molar-refractivity contribution in [2.75, 3.05) is 24.6 Å². The zero-order valence-electron chi connectivity index (χ0n) is 26.1. The maximum Gasteiger partial charge on any atom is 0.0617 e. The van der Waals surface area contributed by atoms with Crippen LogP contribution in [0, 0.1) is 17.8 Å². The third-order valence-corrected chi connectivity index (χ3v) is 13.5. The van der Waals surface area contributed by atoms with Gasteiger partial charge in [0.15, 0.2) is 0 Å². The Morgan fingerprint density at radius 2 is 0.571 bits per heavy atom. The lowest BCUT2D eigenvalue weighted by Crippen LogP contribution is -2.20. The average molecular weight is 512 g/mol. The highest BCUT2D eigenvalue weighted by Crippen LogP contribution is 2.62. The van der Waals surface area contributed by atoms with E-state index in [4.69, 9.17) is 0 Å². The smallest absolute Gasteiger partial charge is 0.0617 e. The number of hydrogen-bond acceptors (Lipinski definition) is 0. The van der Waals surface area contributed by atoms with Gasteiger partial charge in [-0.2, -0.15) is 0 Å². The summed E-state index contributed by atoms with van der Waals surface area (Å²) in [6.45, 7) is 17.1. The minimum atomic E-state index is -0.758. The molecule has 0 radical (unpaired) electrons. The van der Waals surface area contributed by atoms with Crippen LogP contribution in [0.25, 0.3) is 0 Å². The van der Waals surface area contributed by atoms with E-state index in [1.165, 1.54) is 128 Å². The fourth-order valence-corrected chi connectivity index (χ4v) is 13.1. The molecule has 0 rings (SSSR count). The first-order chi connectivity index (χ1) is 16.8. The molecular weight excluding hydrogens is 439 g/mol. The number of unbranched alkanes of at least 4 members (excludes halogenated alkanes) is 19. The molecule has 1 heteroatoms. The van der Waals surface area contributed by atoms with Gasteiger partial charge in [0, 0.05) is 7.26 Å². The Hall–Kier alpha value is 0.430. The summed E-state index contributed by atoms with van der Waals surface area (Å²) in [7, 11) is -0.758. The van der Waals surface area contributed by atoms with Crippen LogP contribution in [0.1, 0.15) is 177 Å². The number of hydrogen-bond donors (Lipinski definition) is 0. The summed E-state index contributed by atoms with van der Waals surface area (Å²) in [5, 5.41) is 0. The van der Waals surface area contributed by atoms with Crippen LogP contribution >= 0.6 is 7.26 Å². The first-order valence-corrected chi connectivity index (χ1v) is 19.2. The monoisotopic (exact) mass is 512 g/mol. The topological polar surface area (TPSA) is 0 Å². The minimum Gasteiger partial charge on any atom is -0.0654 e. The lowest BCUT2D eigenvalue weighted by atomic mass is 10.0. The van der Waals surface area contributed by atoms with Crippen LogP contribution in [0.5, 0.6) is 0 Å². The molecule has 0 aromatic carbocycles. The molecule has 0 amide bonds. The van der Waals surface area contributed by atoms with E-state index in [2.05, 4.69) is 48.5 Å². The Morgan fingerprint density at radius 3 is 0.800 bits per heavy atom. The van der Waals surface area contributed by atoms with Gasteiger partial charge in [-0.1, -0.05) is 164 Å². The lowest BCUT2D eigenvalue weighted by Gasteiger charge is -2.32. The van der Waals surface area contributed by atoms with Crippen LogP contribution in [0.15, 0.2) is 0 Å². The van der Waals surface area contributed by atoms with Gasteiger partial charge in [-0.3, -0.25) is 0 Å². The predicted molar refractivity (Wildman–Crippen MR) is 169 cm³/mol. The highest BCUT2D eigenvalue weighted by Gasteiger charge is 2.38. The molecule has 0 unspecified atom stereocenters. The van der Waals surface area contributed by atoms with Crippen molar-refractivity contribution < 1.29 is 0 Å². The van der Waals surface area contributed by atoms with Crippen molar-refractivity contribution in [2.45, 2.75) is 177 Å². The molecule has 0 aliphatic carbocycles. The van der Waals surface area contributed by atoms with E-state index < -0.39 is 7.26 Å². The summed E-state index contributed by atoms with van der Waals surface area (Å²) in [5.41, 5.74) is 0. The molecular formula is C34H72P+. The molecule has 212 valence electrons. The third kappa shape index (κ3) is 24.5. The van der Waals surface area contributed by atoms with E-state index in [1.54, 1.807) is 24.6 Å². The van der Waals surface area contributed by atoms with Crippen molar-refractivity contribution in [2.24, 2.45) is 17.8 Å². The Labute approximate surface area is 226 Å². The summed E-state index contributed by atoms with van der Waals surface area (Å²) >= 11 is 0. The van der Waals surface area contributed by atoms with Crippen molar-refractivity contribution in [3.05, 3.63) is 0 Å². The van der Waals surface area contributed by atoms with Gasteiger partial charge < -0.3 is 0 Å². The Kier molecular flexibility index (Phi) is 25.1. The summed E-state index contributed by atoms with van der Waals surface area (Å²) in [6.07, 6.45) is 35.8. The van der Waals surface area contributed by atoms with Crippen LogP contribution in [-0.2, 0) is 0 Å². The summed E-state index contributed by atoms with van der Waals surface area (Å²) in [4.78, 5) is 0. The van der Waals surface area contributed by atoms with Crippen LogP contribution < -0.4 is 0 Å². The van der Waals surface area contributed by atoms with Crippen LogP contribution in [-0.4, -0.2) is 24.6 Å². The molecule has 0 atom stereocenters. The molecule has 35 heavy (non-hydrogen) atoms. The molecule has 0 saturated carbocycles. The fourth-order valence-electron chi connectivity index (χ4n) is 6.52. The third-order valence-electron chi connectivity index (χ3n) is 7.74. The standard InChI is InChI=1S/C34H72P/c1-8-9-10-11-12-13-14-15-16-17-18-19-20-21-22-23-24-25-26-27-28-35(29-32(2)3,30-33(4)5)31-34(6)7/h32-34H,8-31H2,1-7H3/q+1. The Bertz CT molecular complexity index is 384. The minimum absolute atomic E-state index is 0.758. The normalized spacial score (nSPS) is 12.5. The zero-order valence-corrected chi connectivity index (χ0v) is 27.0. The second-order valence-electron chi connectivity index (χ2n) is 13.5. The van der Waals surface area contributed by atoms with Gasteiger partial charge in [-0.15, -0.1) is 0 Å². The predicted octanol–water partition coefficient (Wildman–Crippen LogP) is 12.8. The summed E-state index contributed by atoms with van der Waals surface area (Å²) < 4.78 is 0. The first kappa shape index (κ1) is 35.4. The largest absolute Gasteiger partial charge is 0.0654 e. The molecule has 0 N–H and O–H groups in total. The molecule has 0 aliphatic rings. The van der Waals surface area contributed by atoms with E-state index in [0.29, 0.717) is 0 Å². The molecule has 0 fully saturated rings. The molecule has 0 heterocycles. The van der Waals surface area contributed by atoms with Crippen molar-refractivity contribution in [3.63, 3.8) is 0 Å². The van der Waals surface area contributed by atoms with Crippen LogP contribution in [0.2, 0.25) is 0 Å². The zero-order chi connectivity index (χ0) is 26.2. The first-order valence-electron chi connectivity index (χ1n) is 16.7. The molecule has 0 aliphatic heterocycles. The maximum absolute atomic E-state index is 2.46. The van der Waals surface area contributed by atoms with Crippen LogP contribution in [0.4, 0.5) is 0 Å². The van der Waals surface area contributed by atoms with Gasteiger partial charge in [0.2, 0.25) is 0 Å². The van der Waals surface area contributed by atoms with E-state index in [1.807, 2.05) is 0 Å². The Morgan fingerprint density at radius 1 is 0.343 bits per heavy atom. The highest BCUT2D eigenvalue weighted by molar-refractivity contribution is 7.75. The fraction of sp³-hybridized carbons (Fsp3) is 1.00. The van der Waals surface area contributed by atoms with Crippen LogP contribution in [0.3, 0.4) is 0 Å². The lowest BCUT2D eigenvalue weighted by molar-refractivity contribution is 0.523. The van der Waals surface area contributed by atoms with Crippen molar-refractivity contribution in [1.29, 1.82) is 0 Å². The second-order valence-corrected chi connectivity index (χ2v) is 17.7. The second kappa shape index (κ2) is 24.7. The van der Waals surface area contributed by atoms with Crippen molar-refractivity contribution >= 4 is 7.26 Å². The van der Waals surface area contributed by atoms with Crippen molar-refractivity contribution in [1.82, 2.24) is 0 Å². The molecule has 0 bridgehead atoms. The molecule has 0 saturated heterocycles. The summed E-state index contributed by atoms with van der Waals surface area (Å²) in [5.74, 6) is 2.64. The van der Waals surface area contributed by atoms with Gasteiger partial charge in [0.25, 0.3) is 0 Å². The van der Waals surface area contributed by atoms with Gasteiger partial charge in [-0.05, 0) is 30.6 Å². The average Bonchev–Trinajstić information content (AvgIpc) is 2.76. The molecule has 0 spiro atoms. The van der Waals surface area contributed by atoms with Gasteiger partial charge in [0.1, 0.15) is 0 Å². The van der Waals surface area contributed by atoms with Gasteiger partial charge >= 0.3 is 0 Å². The van der Waals surface area contributed by atoms with E-state index in [-0.39, 0.29) is 0 Å². The SMILES string of the molecule is CCCCCCCCCCCCCCCCCCCCCC[P+](CC(C)C)(CC(C)C)CC(C)C. The van der Waals surface area contributed by atoms with E-state index >= 15 is 0 Å².